The minimum atomic E-state index is -0.229. The highest BCUT2D eigenvalue weighted by Crippen LogP contribution is 2.08. The number of hydrogen-bond donors (Lipinski definition) is 1. The predicted molar refractivity (Wildman–Crippen MR) is 65.9 cm³/mol. The van der Waals surface area contributed by atoms with Gasteiger partial charge in [0.1, 0.15) is 0 Å². The van der Waals surface area contributed by atoms with E-state index in [9.17, 15) is 4.79 Å². The summed E-state index contributed by atoms with van der Waals surface area (Å²) in [4.78, 5) is 11.5. The number of carbonyl (C=O) groups excluding carboxylic acids is 1. The second-order valence-electron chi connectivity index (χ2n) is 5.03. The molecule has 0 saturated heterocycles. The Balaban J connectivity index is 2.37. The molecule has 0 aliphatic heterocycles. The fraction of sp³-hybridized carbons (Fsp3) is 0.667. The minimum absolute atomic E-state index is 0.0229. The van der Waals surface area contributed by atoms with E-state index >= 15 is 0 Å². The van der Waals surface area contributed by atoms with Crippen molar-refractivity contribution in [2.75, 3.05) is 6.61 Å². The van der Waals surface area contributed by atoms with Crippen LogP contribution < -0.4 is 10.1 Å². The van der Waals surface area contributed by atoms with Crippen molar-refractivity contribution in [3.8, 4) is 5.75 Å². The van der Waals surface area contributed by atoms with Gasteiger partial charge in [0.2, 0.25) is 0 Å². The summed E-state index contributed by atoms with van der Waals surface area (Å²) in [5.41, 5.74) is -0.229. The summed E-state index contributed by atoms with van der Waals surface area (Å²) in [6.07, 6.45) is 4.44. The van der Waals surface area contributed by atoms with Gasteiger partial charge < -0.3 is 10.1 Å². The van der Waals surface area contributed by atoms with Gasteiger partial charge in [-0.15, -0.1) is 0 Å². The summed E-state index contributed by atoms with van der Waals surface area (Å²) in [6.45, 7) is 8.77. The summed E-state index contributed by atoms with van der Waals surface area (Å²) in [6, 6.07) is 0. The van der Waals surface area contributed by atoms with Gasteiger partial charge >= 0.3 is 0 Å². The normalized spacial score (nSPS) is 11.3. The molecular formula is C12H21N3O2. The molecule has 96 valence electrons. The Labute approximate surface area is 102 Å². The van der Waals surface area contributed by atoms with Crippen LogP contribution in [0.25, 0.3) is 0 Å². The molecular weight excluding hydrogens is 218 g/mol. The molecule has 1 aromatic rings. The highest BCUT2D eigenvalue weighted by molar-refractivity contribution is 5.78. The Hall–Kier alpha value is -1.52. The Morgan fingerprint density at radius 3 is 2.82 bits per heavy atom. The second kappa shape index (κ2) is 5.70. The van der Waals surface area contributed by atoms with Crippen molar-refractivity contribution < 1.29 is 9.53 Å². The zero-order valence-corrected chi connectivity index (χ0v) is 11.0. The largest absolute Gasteiger partial charge is 0.480 e. The van der Waals surface area contributed by atoms with Gasteiger partial charge in [-0.05, 0) is 27.2 Å². The smallest absolute Gasteiger partial charge is 0.258 e. The maximum atomic E-state index is 11.5. The van der Waals surface area contributed by atoms with Crippen LogP contribution in [-0.2, 0) is 11.3 Å². The highest BCUT2D eigenvalue weighted by atomic mass is 16.5. The van der Waals surface area contributed by atoms with Gasteiger partial charge in [0.15, 0.2) is 12.4 Å². The standard InChI is InChI=1S/C12H21N3O2/c1-5-6-15-8-10(7-13-15)17-9-11(16)14-12(2,3)4/h7-8H,5-6,9H2,1-4H3,(H,14,16). The van der Waals surface area contributed by atoms with E-state index in [0.717, 1.165) is 13.0 Å². The van der Waals surface area contributed by atoms with Gasteiger partial charge in [-0.2, -0.15) is 5.10 Å². The van der Waals surface area contributed by atoms with E-state index in [1.54, 1.807) is 17.1 Å². The lowest BCUT2D eigenvalue weighted by molar-refractivity contribution is -0.124. The molecule has 1 rings (SSSR count). The number of aromatic nitrogens is 2. The molecule has 1 heterocycles. The molecule has 0 radical (unpaired) electrons. The number of amides is 1. The van der Waals surface area contributed by atoms with E-state index < -0.39 is 0 Å². The van der Waals surface area contributed by atoms with Crippen LogP contribution in [0.5, 0.6) is 5.75 Å². The first-order valence-corrected chi connectivity index (χ1v) is 5.87. The molecule has 0 bridgehead atoms. The first-order chi connectivity index (χ1) is 7.90. The molecule has 1 amide bonds. The molecule has 0 fully saturated rings. The summed E-state index contributed by atoms with van der Waals surface area (Å²) in [7, 11) is 0. The quantitative estimate of drug-likeness (QED) is 0.849. The third-order valence-electron chi connectivity index (χ3n) is 1.95. The van der Waals surface area contributed by atoms with Crippen LogP contribution in [0.4, 0.5) is 0 Å². The number of rotatable bonds is 5. The number of hydrogen-bond acceptors (Lipinski definition) is 3. The van der Waals surface area contributed by atoms with Crippen molar-refractivity contribution in [1.82, 2.24) is 15.1 Å². The van der Waals surface area contributed by atoms with Gasteiger partial charge in [0.05, 0.1) is 12.4 Å². The third-order valence-corrected chi connectivity index (χ3v) is 1.95. The summed E-state index contributed by atoms with van der Waals surface area (Å²) in [5, 5.41) is 6.95. The molecule has 0 spiro atoms. The maximum absolute atomic E-state index is 11.5. The topological polar surface area (TPSA) is 56.1 Å². The van der Waals surface area contributed by atoms with Crippen molar-refractivity contribution in [2.24, 2.45) is 0 Å². The highest BCUT2D eigenvalue weighted by Gasteiger charge is 2.14. The fourth-order valence-electron chi connectivity index (χ4n) is 1.37. The third kappa shape index (κ3) is 5.38. The maximum Gasteiger partial charge on any atom is 0.258 e. The van der Waals surface area contributed by atoms with E-state index in [0.29, 0.717) is 5.75 Å². The molecule has 5 heteroatoms. The average Bonchev–Trinajstić information content (AvgIpc) is 2.61. The zero-order valence-electron chi connectivity index (χ0n) is 11.0. The summed E-state index contributed by atoms with van der Waals surface area (Å²) in [5.74, 6) is 0.503. The molecule has 0 saturated carbocycles. The molecule has 5 nitrogen and oxygen atoms in total. The van der Waals surface area contributed by atoms with Crippen LogP contribution in [0.3, 0.4) is 0 Å². The van der Waals surface area contributed by atoms with Crippen molar-refractivity contribution in [3.63, 3.8) is 0 Å². The summed E-state index contributed by atoms with van der Waals surface area (Å²) >= 11 is 0. The minimum Gasteiger partial charge on any atom is -0.480 e. The van der Waals surface area contributed by atoms with E-state index in [2.05, 4.69) is 17.3 Å². The van der Waals surface area contributed by atoms with E-state index in [-0.39, 0.29) is 18.1 Å². The monoisotopic (exact) mass is 239 g/mol. The zero-order chi connectivity index (χ0) is 12.9. The second-order valence-corrected chi connectivity index (χ2v) is 5.03. The van der Waals surface area contributed by atoms with Gasteiger partial charge in [0.25, 0.3) is 5.91 Å². The van der Waals surface area contributed by atoms with Crippen molar-refractivity contribution in [3.05, 3.63) is 12.4 Å². The first-order valence-electron chi connectivity index (χ1n) is 5.87. The van der Waals surface area contributed by atoms with Crippen LogP contribution in [0.15, 0.2) is 12.4 Å². The first kappa shape index (κ1) is 13.5. The van der Waals surface area contributed by atoms with Crippen LogP contribution >= 0.6 is 0 Å². The molecule has 0 atom stereocenters. The number of nitrogens with one attached hydrogen (secondary N) is 1. The SMILES string of the molecule is CCCn1cc(OCC(=O)NC(C)(C)C)cn1. The van der Waals surface area contributed by atoms with E-state index in [1.807, 2.05) is 20.8 Å². The lowest BCUT2D eigenvalue weighted by Gasteiger charge is -2.20. The lowest BCUT2D eigenvalue weighted by Crippen LogP contribution is -2.43. The Kier molecular flexibility index (Phi) is 4.54. The fourth-order valence-corrected chi connectivity index (χ4v) is 1.37. The average molecular weight is 239 g/mol. The van der Waals surface area contributed by atoms with Crippen LogP contribution in [-0.4, -0.2) is 27.8 Å². The van der Waals surface area contributed by atoms with Gasteiger partial charge in [-0.3, -0.25) is 9.48 Å². The van der Waals surface area contributed by atoms with Crippen molar-refractivity contribution in [2.45, 2.75) is 46.2 Å². The number of nitrogens with zero attached hydrogens (tertiary/aromatic N) is 2. The lowest BCUT2D eigenvalue weighted by atomic mass is 10.1. The molecule has 0 aromatic carbocycles. The summed E-state index contributed by atoms with van der Waals surface area (Å²) < 4.78 is 7.15. The Morgan fingerprint density at radius 2 is 2.24 bits per heavy atom. The van der Waals surface area contributed by atoms with Gasteiger partial charge in [-0.1, -0.05) is 6.92 Å². The number of aryl methyl sites for hydroxylation is 1. The van der Waals surface area contributed by atoms with Crippen molar-refractivity contribution in [1.29, 1.82) is 0 Å². The molecule has 17 heavy (non-hydrogen) atoms. The van der Waals surface area contributed by atoms with Crippen LogP contribution in [0.1, 0.15) is 34.1 Å². The predicted octanol–water partition coefficient (Wildman–Crippen LogP) is 1.59. The van der Waals surface area contributed by atoms with Crippen LogP contribution in [0, 0.1) is 0 Å². The Morgan fingerprint density at radius 1 is 1.53 bits per heavy atom. The number of carbonyl (C=O) groups is 1. The van der Waals surface area contributed by atoms with Crippen LogP contribution in [0.2, 0.25) is 0 Å². The molecule has 1 aromatic heterocycles. The molecule has 0 unspecified atom stereocenters. The van der Waals surface area contributed by atoms with E-state index in [4.69, 9.17) is 4.74 Å². The van der Waals surface area contributed by atoms with Crippen molar-refractivity contribution >= 4 is 5.91 Å². The molecule has 0 aliphatic rings. The molecule has 1 N–H and O–H groups in total. The number of ether oxygens (including phenoxy) is 1. The van der Waals surface area contributed by atoms with Gasteiger partial charge in [0, 0.05) is 12.1 Å². The molecule has 0 aliphatic carbocycles. The van der Waals surface area contributed by atoms with Gasteiger partial charge in [-0.25, -0.2) is 0 Å². The van der Waals surface area contributed by atoms with E-state index in [1.165, 1.54) is 0 Å². The Bertz CT molecular complexity index is 366.